The Morgan fingerprint density at radius 2 is 2.17 bits per heavy atom. The Bertz CT molecular complexity index is 1370. The number of likely N-dealkylation sites (tertiary alicyclic amines) is 1. The molecule has 3 aromatic rings. The van der Waals surface area contributed by atoms with Gasteiger partial charge in [0.05, 0.1) is 33.8 Å². The number of benzene rings is 1. The van der Waals surface area contributed by atoms with Crippen molar-refractivity contribution in [2.75, 3.05) is 30.3 Å². The van der Waals surface area contributed by atoms with Crippen molar-refractivity contribution in [3.63, 3.8) is 0 Å². The number of hydrogen-bond acceptors (Lipinski definition) is 8. The summed E-state index contributed by atoms with van der Waals surface area (Å²) in [5, 5.41) is 26.3. The number of β-amino-alcohol motifs (C(OH)–C–C–N with tert-alkyl or cyclic N) is 1. The van der Waals surface area contributed by atoms with E-state index in [2.05, 4.69) is 51.6 Å². The second kappa shape index (κ2) is 8.80. The molecule has 0 saturated carbocycles. The van der Waals surface area contributed by atoms with Crippen LogP contribution >= 0.6 is 11.6 Å². The molecule has 1 unspecified atom stereocenters. The Morgan fingerprint density at radius 3 is 2.91 bits per heavy atom. The number of amides is 1. The van der Waals surface area contributed by atoms with E-state index in [0.29, 0.717) is 34.9 Å². The number of carbonyl (C=O) groups excluding carboxylic acids is 1. The molecular weight excluding hydrogens is 466 g/mol. The monoisotopic (exact) mass is 489 g/mol. The number of hydrogen-bond donors (Lipinski definition) is 3. The van der Waals surface area contributed by atoms with Crippen molar-refractivity contribution < 1.29 is 9.90 Å². The normalized spacial score (nSPS) is 18.0. The first kappa shape index (κ1) is 23.0. The molecule has 1 saturated heterocycles. The van der Waals surface area contributed by atoms with Gasteiger partial charge in [0.25, 0.3) is 5.91 Å². The fourth-order valence-electron chi connectivity index (χ4n) is 4.49. The van der Waals surface area contributed by atoms with Crippen molar-refractivity contribution in [2.45, 2.75) is 31.8 Å². The molecule has 0 aliphatic carbocycles. The van der Waals surface area contributed by atoms with Gasteiger partial charge in [0, 0.05) is 43.0 Å². The molecule has 0 radical (unpaired) electrons. The third kappa shape index (κ3) is 4.38. The first-order valence-corrected chi connectivity index (χ1v) is 11.7. The topological polar surface area (TPSA) is 127 Å². The van der Waals surface area contributed by atoms with Crippen LogP contribution in [0.1, 0.15) is 41.9 Å². The maximum Gasteiger partial charge on any atom is 0.274 e. The minimum Gasteiger partial charge on any atom is -0.391 e. The summed E-state index contributed by atoms with van der Waals surface area (Å²) in [6.45, 7) is 5.74. The third-order valence-electron chi connectivity index (χ3n) is 6.40. The number of carbonyl (C=O) groups is 1. The average Bonchev–Trinajstić information content (AvgIpc) is 3.41. The number of aliphatic hydroxyl groups is 1. The summed E-state index contributed by atoms with van der Waals surface area (Å²) in [6.07, 6.45) is 3.02. The zero-order valence-electron chi connectivity index (χ0n) is 19.3. The van der Waals surface area contributed by atoms with Crippen LogP contribution in [0.5, 0.6) is 0 Å². The van der Waals surface area contributed by atoms with Gasteiger partial charge in [-0.3, -0.25) is 4.79 Å². The second-order valence-electron chi connectivity index (χ2n) is 9.43. The van der Waals surface area contributed by atoms with E-state index in [1.165, 1.54) is 6.20 Å². The number of pyridine rings is 1. The summed E-state index contributed by atoms with van der Waals surface area (Å²) >= 11 is 6.17. The Balaban J connectivity index is 1.48. The van der Waals surface area contributed by atoms with Crippen molar-refractivity contribution >= 4 is 34.8 Å². The molecule has 1 amide bonds. The van der Waals surface area contributed by atoms with Crippen molar-refractivity contribution in [3.8, 4) is 17.3 Å². The van der Waals surface area contributed by atoms with Gasteiger partial charge in [0.2, 0.25) is 5.95 Å². The number of rotatable bonds is 4. The highest BCUT2D eigenvalue weighted by molar-refractivity contribution is 6.30. The molecule has 2 aliphatic heterocycles. The van der Waals surface area contributed by atoms with Crippen molar-refractivity contribution in [2.24, 2.45) is 0 Å². The summed E-state index contributed by atoms with van der Waals surface area (Å²) in [5.74, 6) is -0.0395. The summed E-state index contributed by atoms with van der Waals surface area (Å²) < 4.78 is 0. The van der Waals surface area contributed by atoms with E-state index in [9.17, 15) is 15.2 Å². The molecule has 5 rings (SSSR count). The number of anilines is 3. The fraction of sp³-hybridized carbons (Fsp3) is 0.320. The van der Waals surface area contributed by atoms with Crippen molar-refractivity contribution in [3.05, 3.63) is 58.5 Å². The third-order valence-corrected chi connectivity index (χ3v) is 6.61. The van der Waals surface area contributed by atoms with Crippen LogP contribution < -0.4 is 10.6 Å². The zero-order valence-corrected chi connectivity index (χ0v) is 20.1. The number of nitrogens with zero attached hydrogens (tertiary/aromatic N) is 5. The lowest BCUT2D eigenvalue weighted by Gasteiger charge is -2.18. The number of aliphatic hydroxyl groups excluding tert-OH is 1. The molecule has 1 aromatic carbocycles. The zero-order chi connectivity index (χ0) is 24.7. The van der Waals surface area contributed by atoms with E-state index < -0.39 is 6.10 Å². The summed E-state index contributed by atoms with van der Waals surface area (Å²) in [6, 6.07) is 9.52. The molecule has 0 bridgehead atoms. The highest BCUT2D eigenvalue weighted by Gasteiger charge is 2.32. The van der Waals surface area contributed by atoms with E-state index in [0.717, 1.165) is 23.4 Å². The van der Waals surface area contributed by atoms with Crippen LogP contribution in [0.25, 0.3) is 11.3 Å². The maximum absolute atomic E-state index is 13.0. The van der Waals surface area contributed by atoms with E-state index >= 15 is 0 Å². The number of nitriles is 1. The first-order valence-electron chi connectivity index (χ1n) is 11.3. The fourth-order valence-corrected chi connectivity index (χ4v) is 4.65. The maximum atomic E-state index is 13.0. The van der Waals surface area contributed by atoms with Gasteiger partial charge in [0.1, 0.15) is 6.07 Å². The van der Waals surface area contributed by atoms with Gasteiger partial charge >= 0.3 is 0 Å². The molecule has 2 aliphatic rings. The van der Waals surface area contributed by atoms with Gasteiger partial charge in [-0.1, -0.05) is 25.4 Å². The lowest BCUT2D eigenvalue weighted by Crippen LogP contribution is -2.30. The van der Waals surface area contributed by atoms with E-state index in [1.807, 2.05) is 6.07 Å². The molecule has 1 atom stereocenters. The van der Waals surface area contributed by atoms with Crippen LogP contribution in [0.2, 0.25) is 5.02 Å². The number of nitrogens with one attached hydrogen (secondary N) is 2. The van der Waals surface area contributed by atoms with Crippen LogP contribution in [0.3, 0.4) is 0 Å². The second-order valence-corrected chi connectivity index (χ2v) is 9.87. The molecule has 35 heavy (non-hydrogen) atoms. The molecule has 9 nitrogen and oxygen atoms in total. The van der Waals surface area contributed by atoms with Crippen molar-refractivity contribution in [1.29, 1.82) is 5.26 Å². The van der Waals surface area contributed by atoms with Crippen LogP contribution in [-0.2, 0) is 5.41 Å². The van der Waals surface area contributed by atoms with E-state index in [-0.39, 0.29) is 29.5 Å². The van der Waals surface area contributed by atoms with Gasteiger partial charge in [-0.15, -0.1) is 0 Å². The molecule has 4 heterocycles. The first-order chi connectivity index (χ1) is 16.7. The molecular formula is C25H24ClN7O2. The molecule has 1 fully saturated rings. The van der Waals surface area contributed by atoms with Crippen LogP contribution in [0, 0.1) is 11.3 Å². The van der Waals surface area contributed by atoms with Gasteiger partial charge in [-0.25, -0.2) is 15.0 Å². The Kier molecular flexibility index (Phi) is 5.79. The van der Waals surface area contributed by atoms with E-state index in [4.69, 9.17) is 11.6 Å². The average molecular weight is 490 g/mol. The predicted octanol–water partition coefficient (Wildman–Crippen LogP) is 3.72. The molecule has 10 heteroatoms. The minimum absolute atomic E-state index is 0.115. The number of aromatic nitrogens is 3. The number of halogens is 1. The smallest absolute Gasteiger partial charge is 0.274 e. The van der Waals surface area contributed by atoms with Gasteiger partial charge in [0.15, 0.2) is 5.69 Å². The molecule has 178 valence electrons. The number of fused-ring (bicyclic) bond motifs is 1. The van der Waals surface area contributed by atoms with Crippen LogP contribution in [0.15, 0.2) is 36.7 Å². The lowest BCUT2D eigenvalue weighted by atomic mass is 9.85. The Morgan fingerprint density at radius 1 is 1.34 bits per heavy atom. The minimum atomic E-state index is -0.534. The molecule has 3 N–H and O–H groups in total. The van der Waals surface area contributed by atoms with Crippen molar-refractivity contribution in [1.82, 2.24) is 19.9 Å². The van der Waals surface area contributed by atoms with Gasteiger partial charge in [-0.05, 0) is 36.2 Å². The van der Waals surface area contributed by atoms with Crippen LogP contribution in [0.4, 0.5) is 17.3 Å². The summed E-state index contributed by atoms with van der Waals surface area (Å²) in [4.78, 5) is 27.8. The molecule has 0 spiro atoms. The highest BCUT2D eigenvalue weighted by Crippen LogP contribution is 2.41. The van der Waals surface area contributed by atoms with Gasteiger partial charge < -0.3 is 20.6 Å². The standard InChI is InChI=1S/C25H24ClN7O2/c1-25(2)13-30-21-15(10-27)7-14(8-18(21)25)19-3-5-28-24(31-19)32-20-9-16(26)11-29-22(20)23(35)33-6-4-17(34)12-33/h3,5,7-9,11,17,30,34H,4,6,12-13H2,1-2H3,(H,28,31,32). The largest absolute Gasteiger partial charge is 0.391 e. The Labute approximate surface area is 207 Å². The highest BCUT2D eigenvalue weighted by atomic mass is 35.5. The quantitative estimate of drug-likeness (QED) is 0.506. The summed E-state index contributed by atoms with van der Waals surface area (Å²) in [5.41, 5.74) is 4.37. The predicted molar refractivity (Wildman–Crippen MR) is 133 cm³/mol. The lowest BCUT2D eigenvalue weighted by molar-refractivity contribution is 0.0760. The SMILES string of the molecule is CC1(C)CNc2c(C#N)cc(-c3ccnc(Nc4cc(Cl)cnc4C(=O)N4CCC(O)C4)n3)cc21. The van der Waals surface area contributed by atoms with Gasteiger partial charge in [-0.2, -0.15) is 5.26 Å². The summed E-state index contributed by atoms with van der Waals surface area (Å²) in [7, 11) is 0. The Hall–Kier alpha value is -3.74. The van der Waals surface area contributed by atoms with Crippen LogP contribution in [-0.4, -0.2) is 56.6 Å². The molecule has 2 aromatic heterocycles. The van der Waals surface area contributed by atoms with E-state index in [1.54, 1.807) is 23.2 Å².